The highest BCUT2D eigenvalue weighted by Crippen LogP contribution is 1.76. The number of unbranched alkanes of at least 4 members (excludes halogenated alkanes) is 1. The summed E-state index contributed by atoms with van der Waals surface area (Å²) in [7, 11) is 4.50. The molecular formula is C16H49BN3O4. The summed E-state index contributed by atoms with van der Waals surface area (Å²) in [6, 6.07) is 0. The largest absolute Gasteiger partial charge is 0.481 e. The fraction of sp³-hybridized carbons (Fsp3) is 0.875. The average Bonchev–Trinajstić information content (AvgIpc) is 2.65. The third-order valence-corrected chi connectivity index (χ3v) is 0.500. The first-order valence-corrected chi connectivity index (χ1v) is 7.89. The summed E-state index contributed by atoms with van der Waals surface area (Å²) in [5.74, 6) is -0.833. The van der Waals surface area contributed by atoms with E-state index < -0.39 is 5.97 Å². The number of carbonyl (C=O) groups excluding carboxylic acids is 1. The number of hydrogen-bond donors (Lipinski definition) is 5. The smallest absolute Gasteiger partial charge is 0.300 e. The molecule has 0 unspecified atom stereocenters. The van der Waals surface area contributed by atoms with Crippen molar-refractivity contribution in [2.24, 2.45) is 17.2 Å². The predicted octanol–water partition coefficient (Wildman–Crippen LogP) is 2.11. The lowest BCUT2D eigenvalue weighted by Crippen LogP contribution is -1.78. The number of rotatable bonds is 1. The first-order chi connectivity index (χ1) is 11.1. The van der Waals surface area contributed by atoms with Gasteiger partial charge < -0.3 is 32.2 Å². The summed E-state index contributed by atoms with van der Waals surface area (Å²) in [6.07, 6.45) is 2.64. The predicted molar refractivity (Wildman–Crippen MR) is 113 cm³/mol. The summed E-state index contributed by atoms with van der Waals surface area (Å²) in [5.41, 5.74) is 13.5. The van der Waals surface area contributed by atoms with Gasteiger partial charge in [0.25, 0.3) is 5.97 Å². The van der Waals surface area contributed by atoms with Gasteiger partial charge in [0.2, 0.25) is 0 Å². The van der Waals surface area contributed by atoms with Crippen LogP contribution in [-0.4, -0.2) is 59.1 Å². The van der Waals surface area contributed by atoms with E-state index in [0.717, 1.165) is 6.92 Å². The molecule has 0 atom stereocenters. The Labute approximate surface area is 155 Å². The second kappa shape index (κ2) is 384. The van der Waals surface area contributed by atoms with E-state index in [1.165, 1.54) is 34.0 Å². The highest BCUT2D eigenvalue weighted by atomic mass is 16.4. The first-order valence-electron chi connectivity index (χ1n) is 7.89. The van der Waals surface area contributed by atoms with E-state index >= 15 is 0 Å². The van der Waals surface area contributed by atoms with Crippen LogP contribution < -0.4 is 17.2 Å². The second-order valence-electron chi connectivity index (χ2n) is 1.84. The number of aliphatic carboxylic acids is 1. The van der Waals surface area contributed by atoms with Gasteiger partial charge in [-0.1, -0.05) is 54.4 Å². The number of carboxylic acid groups (broad SMARTS) is 1. The number of aliphatic hydroxyl groups excluding tert-OH is 1. The molecule has 0 aliphatic carbocycles. The Balaban J connectivity index is -0.0000000117. The Morgan fingerprint density at radius 1 is 0.792 bits per heavy atom. The first kappa shape index (κ1) is 65.8. The zero-order valence-corrected chi connectivity index (χ0v) is 18.3. The minimum Gasteiger partial charge on any atom is -0.481 e. The van der Waals surface area contributed by atoms with Gasteiger partial charge in [-0.3, -0.25) is 4.79 Å². The lowest BCUT2D eigenvalue weighted by atomic mass is 10.4. The van der Waals surface area contributed by atoms with Crippen molar-refractivity contribution in [3.63, 3.8) is 0 Å². The lowest BCUT2D eigenvalue weighted by molar-refractivity contribution is -0.134. The molecule has 155 valence electrons. The van der Waals surface area contributed by atoms with Gasteiger partial charge in [-0.15, -0.1) is 0 Å². The van der Waals surface area contributed by atoms with Crippen molar-refractivity contribution in [1.82, 2.24) is 0 Å². The van der Waals surface area contributed by atoms with Crippen LogP contribution in [0.1, 0.15) is 68.2 Å². The van der Waals surface area contributed by atoms with Crippen LogP contribution in [0.25, 0.3) is 0 Å². The van der Waals surface area contributed by atoms with Crippen LogP contribution in [0.15, 0.2) is 0 Å². The number of nitrogens with two attached hydrogens (primary N) is 3. The van der Waals surface area contributed by atoms with Gasteiger partial charge in [0, 0.05) is 21.9 Å². The molecule has 3 radical (unpaired) electrons. The van der Waals surface area contributed by atoms with Crippen molar-refractivity contribution in [3.8, 4) is 0 Å². The molecule has 0 fully saturated rings. The molecule has 8 heteroatoms. The van der Waals surface area contributed by atoms with Gasteiger partial charge in [-0.2, -0.15) is 0 Å². The molecule has 0 amide bonds. The molecule has 24 heavy (non-hydrogen) atoms. The zero-order chi connectivity index (χ0) is 21.7. The molecular weight excluding hydrogens is 309 g/mol. The second-order valence-corrected chi connectivity index (χ2v) is 1.84. The van der Waals surface area contributed by atoms with Crippen LogP contribution in [0, 0.1) is 0 Å². The molecule has 0 aromatic carbocycles. The van der Waals surface area contributed by atoms with Crippen molar-refractivity contribution in [2.75, 3.05) is 27.7 Å². The third kappa shape index (κ3) is 4190000. The maximum absolute atomic E-state index is 9.00. The number of carboxylic acids is 1. The summed E-state index contributed by atoms with van der Waals surface area (Å²) < 4.78 is 0. The SMILES string of the molecule is C=O.CC.CC.CC(=O)O.CCCC.CCO.CN.CN.CN.[B]. The minimum atomic E-state index is -0.833. The topological polar surface area (TPSA) is 153 Å². The normalized spacial score (nSPS) is 4.46. The van der Waals surface area contributed by atoms with E-state index in [4.69, 9.17) is 19.8 Å². The van der Waals surface area contributed by atoms with Crippen molar-refractivity contribution >= 4 is 21.2 Å². The fourth-order valence-corrected chi connectivity index (χ4v) is 0. The maximum atomic E-state index is 9.00. The van der Waals surface area contributed by atoms with Crippen LogP contribution in [0.5, 0.6) is 0 Å². The van der Waals surface area contributed by atoms with Crippen LogP contribution in [0.4, 0.5) is 0 Å². The molecule has 0 saturated heterocycles. The zero-order valence-electron chi connectivity index (χ0n) is 18.3. The van der Waals surface area contributed by atoms with Crippen molar-refractivity contribution in [1.29, 1.82) is 0 Å². The molecule has 0 aliphatic heterocycles. The molecule has 0 bridgehead atoms. The number of aliphatic hydroxyl groups is 1. The molecule has 0 spiro atoms. The Morgan fingerprint density at radius 2 is 0.833 bits per heavy atom. The van der Waals surface area contributed by atoms with Crippen molar-refractivity contribution in [3.05, 3.63) is 0 Å². The van der Waals surface area contributed by atoms with E-state index in [1.54, 1.807) is 6.92 Å². The summed E-state index contributed by atoms with van der Waals surface area (Å²) in [6.45, 7) is 17.4. The molecule has 8 N–H and O–H groups in total. The number of hydrogen-bond acceptors (Lipinski definition) is 6. The van der Waals surface area contributed by atoms with Gasteiger partial charge in [-0.25, -0.2) is 0 Å². The van der Waals surface area contributed by atoms with Crippen LogP contribution in [0.3, 0.4) is 0 Å². The minimum absolute atomic E-state index is 0. The Morgan fingerprint density at radius 3 is 0.833 bits per heavy atom. The Kier molecular flexibility index (Phi) is 1050. The number of carbonyl (C=O) groups is 2. The maximum Gasteiger partial charge on any atom is 0.300 e. The Hall–Kier alpha value is -0.955. The quantitative estimate of drug-likeness (QED) is 0.450. The van der Waals surface area contributed by atoms with Crippen molar-refractivity contribution in [2.45, 2.75) is 68.2 Å². The molecule has 0 heterocycles. The van der Waals surface area contributed by atoms with Crippen LogP contribution in [0.2, 0.25) is 0 Å². The van der Waals surface area contributed by atoms with E-state index in [0.29, 0.717) is 0 Å². The van der Waals surface area contributed by atoms with Gasteiger partial charge in [0.15, 0.2) is 0 Å². The molecule has 0 saturated carbocycles. The summed E-state index contributed by atoms with van der Waals surface area (Å²) >= 11 is 0. The molecule has 0 aromatic rings. The molecule has 0 aliphatic rings. The van der Waals surface area contributed by atoms with E-state index in [2.05, 4.69) is 31.0 Å². The monoisotopic (exact) mass is 358 g/mol. The van der Waals surface area contributed by atoms with Gasteiger partial charge >= 0.3 is 0 Å². The molecule has 0 aromatic heterocycles. The fourth-order valence-electron chi connectivity index (χ4n) is 0. The van der Waals surface area contributed by atoms with Crippen LogP contribution >= 0.6 is 0 Å². The van der Waals surface area contributed by atoms with E-state index in [1.807, 2.05) is 34.5 Å². The third-order valence-electron chi connectivity index (χ3n) is 0.500. The molecule has 0 rings (SSSR count). The highest BCUT2D eigenvalue weighted by molar-refractivity contribution is 5.75. The Bertz CT molecular complexity index is 89.7. The van der Waals surface area contributed by atoms with Gasteiger partial charge in [-0.05, 0) is 28.1 Å². The summed E-state index contributed by atoms with van der Waals surface area (Å²) in [5, 5.41) is 15.0. The van der Waals surface area contributed by atoms with Gasteiger partial charge in [0.1, 0.15) is 6.79 Å². The standard InChI is InChI=1S/C4H10.C2H4O2.C2H6O.2C2H6.3CH5N.CH2O.B/c1-3-4-2;1-2(3)4;1-2-3;6*1-2;/h3-4H2,1-2H3;1H3,(H,3,4);3H,2H2,1H3;2*1-2H3;3*2H2,1H3;1H2;. The van der Waals surface area contributed by atoms with Gasteiger partial charge in [0.05, 0.1) is 0 Å². The summed E-state index contributed by atoms with van der Waals surface area (Å²) in [4.78, 5) is 17.0. The average molecular weight is 358 g/mol. The van der Waals surface area contributed by atoms with Crippen molar-refractivity contribution < 1.29 is 19.8 Å². The van der Waals surface area contributed by atoms with Crippen LogP contribution in [-0.2, 0) is 9.59 Å². The molecule has 7 nitrogen and oxygen atoms in total. The highest BCUT2D eigenvalue weighted by Gasteiger charge is 1.65. The lowest BCUT2D eigenvalue weighted by Gasteiger charge is -1.68. The van der Waals surface area contributed by atoms with E-state index in [-0.39, 0.29) is 15.0 Å². The van der Waals surface area contributed by atoms with E-state index in [9.17, 15) is 0 Å².